The summed E-state index contributed by atoms with van der Waals surface area (Å²) in [5, 5.41) is 19.4. The number of carbonyl (C=O) groups excluding carboxylic acids is 4. The molecular formula is C68H52Cl2F3N21O8S3. The molecule has 4 aromatic carbocycles. The van der Waals surface area contributed by atoms with Crippen molar-refractivity contribution in [2.45, 2.75) is 41.9 Å². The molecule has 0 spiro atoms. The zero-order chi connectivity index (χ0) is 75.6. The lowest BCUT2D eigenvalue weighted by Gasteiger charge is -2.09. The molecule has 12 aromatic rings. The Morgan fingerprint density at radius 2 is 0.752 bits per heavy atom. The smallest absolute Gasteiger partial charge is 0.290 e. The van der Waals surface area contributed by atoms with Gasteiger partial charge in [-0.1, -0.05) is 59.2 Å². The highest BCUT2D eigenvalue weighted by atomic mass is 35.5. The third-order valence-corrected chi connectivity index (χ3v) is 16.9. The number of carbonyl (C=O) groups is 4. The van der Waals surface area contributed by atoms with Gasteiger partial charge in [0, 0.05) is 48.4 Å². The lowest BCUT2D eigenvalue weighted by Crippen LogP contribution is -2.16. The minimum Gasteiger partial charge on any atom is -0.290 e. The van der Waals surface area contributed by atoms with Gasteiger partial charge in [0.05, 0.1) is 48.2 Å². The van der Waals surface area contributed by atoms with Crippen molar-refractivity contribution < 1.29 is 49.2 Å². The first-order chi connectivity index (χ1) is 50.0. The molecule has 8 heterocycles. The molecule has 4 N–H and O–H groups in total. The van der Waals surface area contributed by atoms with Gasteiger partial charge in [0.15, 0.2) is 48.1 Å². The molecule has 4 amide bonds. The van der Waals surface area contributed by atoms with E-state index >= 15 is 0 Å². The van der Waals surface area contributed by atoms with Crippen LogP contribution in [0.15, 0.2) is 197 Å². The molecule has 0 bridgehead atoms. The van der Waals surface area contributed by atoms with Crippen molar-refractivity contribution in [3.05, 3.63) is 243 Å². The van der Waals surface area contributed by atoms with E-state index in [4.69, 9.17) is 28.5 Å². The molecule has 0 radical (unpaired) electrons. The van der Waals surface area contributed by atoms with E-state index in [1.807, 2.05) is 12.1 Å². The number of sulfone groups is 2. The summed E-state index contributed by atoms with van der Waals surface area (Å²) in [6.45, 7) is 5.01. The van der Waals surface area contributed by atoms with Crippen LogP contribution >= 0.6 is 35.0 Å². The number of nitriles is 1. The Balaban J connectivity index is 0.000000162. The Bertz CT molecular complexity index is 5470. The molecule has 0 unspecified atom stereocenters. The van der Waals surface area contributed by atoms with Crippen molar-refractivity contribution in [3.63, 3.8) is 0 Å². The van der Waals surface area contributed by atoms with Crippen molar-refractivity contribution in [2.75, 3.05) is 40.0 Å². The van der Waals surface area contributed by atoms with E-state index in [1.165, 1.54) is 48.2 Å². The molecule has 12 rings (SSSR count). The number of aryl methyl sites for hydroxylation is 3. The Kier molecular flexibility index (Phi) is 25.2. The largest absolute Gasteiger partial charge is 0.416 e. The third kappa shape index (κ3) is 21.8. The number of hydrogen-bond acceptors (Lipinski definition) is 26. The average molecular weight is 1520 g/mol. The third-order valence-electron chi connectivity index (χ3n) is 13.5. The van der Waals surface area contributed by atoms with Crippen LogP contribution in [0.1, 0.15) is 70.0 Å². The Morgan fingerprint density at radius 1 is 0.429 bits per heavy atom. The van der Waals surface area contributed by atoms with Gasteiger partial charge >= 0.3 is 6.18 Å². The molecule has 0 aliphatic heterocycles. The second-order valence-corrected chi connectivity index (χ2v) is 26.9. The second kappa shape index (κ2) is 34.5. The second-order valence-electron chi connectivity index (χ2n) is 21.3. The fourth-order valence-electron chi connectivity index (χ4n) is 8.57. The topological polar surface area (TPSA) is 415 Å². The number of rotatable bonds is 15. The molecule has 530 valence electrons. The predicted octanol–water partition coefficient (Wildman–Crippen LogP) is 11.4. The van der Waals surface area contributed by atoms with Gasteiger partial charge in [-0.2, -0.15) is 58.3 Å². The van der Waals surface area contributed by atoms with Crippen molar-refractivity contribution in [2.24, 2.45) is 0 Å². The van der Waals surface area contributed by atoms with Crippen LogP contribution in [0, 0.1) is 32.1 Å². The number of anilines is 4. The van der Waals surface area contributed by atoms with Crippen LogP contribution in [-0.2, 0) is 25.9 Å². The summed E-state index contributed by atoms with van der Waals surface area (Å²) < 4.78 is 84.1. The van der Waals surface area contributed by atoms with Crippen molar-refractivity contribution in [3.8, 4) is 52.1 Å². The van der Waals surface area contributed by atoms with Crippen LogP contribution in [0.3, 0.4) is 0 Å². The summed E-state index contributed by atoms with van der Waals surface area (Å²) in [4.78, 5) is 116. The van der Waals surface area contributed by atoms with Gasteiger partial charge < -0.3 is 0 Å². The highest BCUT2D eigenvalue weighted by Gasteiger charge is 2.30. The molecule has 0 aliphatic carbocycles. The average Bonchev–Trinajstić information content (AvgIpc) is 0.811. The monoisotopic (exact) mass is 1510 g/mol. The number of pyridine rings is 4. The number of nitrogens with zero attached hydrogens (tertiary/aromatic N) is 17. The summed E-state index contributed by atoms with van der Waals surface area (Å²) in [6, 6.07) is 41.1. The molecule has 105 heavy (non-hydrogen) atoms. The zero-order valence-corrected chi connectivity index (χ0v) is 59.3. The maximum atomic E-state index is 12.6. The number of aromatic nitrogens is 16. The summed E-state index contributed by atoms with van der Waals surface area (Å²) in [5.74, 6) is 0.611. The maximum Gasteiger partial charge on any atom is 0.416 e. The summed E-state index contributed by atoms with van der Waals surface area (Å²) in [7, 11) is -6.86. The lowest BCUT2D eigenvalue weighted by molar-refractivity contribution is -0.137. The van der Waals surface area contributed by atoms with Gasteiger partial charge in [-0.25, -0.2) is 36.8 Å². The molecule has 0 fully saturated rings. The van der Waals surface area contributed by atoms with Gasteiger partial charge in [0.1, 0.15) is 40.2 Å². The van der Waals surface area contributed by atoms with E-state index in [9.17, 15) is 49.2 Å². The van der Waals surface area contributed by atoms with E-state index in [0.717, 1.165) is 36.8 Å². The molecule has 8 aromatic heterocycles. The minimum absolute atomic E-state index is 0.00419. The number of benzene rings is 4. The van der Waals surface area contributed by atoms with Crippen molar-refractivity contribution in [1.29, 1.82) is 5.26 Å². The van der Waals surface area contributed by atoms with Gasteiger partial charge in [-0.05, 0) is 160 Å². The van der Waals surface area contributed by atoms with Crippen LogP contribution in [0.2, 0.25) is 10.0 Å². The first-order valence-electron chi connectivity index (χ1n) is 30.1. The van der Waals surface area contributed by atoms with Gasteiger partial charge in [-0.15, -0.1) is 0 Å². The highest BCUT2D eigenvalue weighted by molar-refractivity contribution is 7.98. The molecule has 0 saturated heterocycles. The fraction of sp³-hybridized carbons (Fsp3) is 0.103. The van der Waals surface area contributed by atoms with Crippen LogP contribution in [0.25, 0.3) is 46.1 Å². The molecule has 29 nitrogen and oxygen atoms in total. The predicted molar refractivity (Wildman–Crippen MR) is 382 cm³/mol. The van der Waals surface area contributed by atoms with E-state index in [0.29, 0.717) is 74.0 Å². The number of nitrogens with one attached hydrogen (secondary N) is 4. The summed E-state index contributed by atoms with van der Waals surface area (Å²) in [6.07, 6.45) is 5.90. The Labute approximate surface area is 610 Å². The molecule has 0 atom stereocenters. The first kappa shape index (κ1) is 76.7. The van der Waals surface area contributed by atoms with Crippen molar-refractivity contribution in [1.82, 2.24) is 79.7 Å². The van der Waals surface area contributed by atoms with Gasteiger partial charge in [0.2, 0.25) is 23.8 Å². The van der Waals surface area contributed by atoms with Crippen LogP contribution in [0.5, 0.6) is 0 Å². The van der Waals surface area contributed by atoms with E-state index in [1.54, 1.807) is 143 Å². The normalized spacial score (nSPS) is 11.0. The minimum atomic E-state index is -4.46. The molecule has 0 saturated carbocycles. The van der Waals surface area contributed by atoms with Gasteiger partial charge in [-0.3, -0.25) is 60.4 Å². The summed E-state index contributed by atoms with van der Waals surface area (Å²) in [5.41, 5.74) is 2.48. The maximum absolute atomic E-state index is 12.6. The number of alkyl halides is 3. The lowest BCUT2D eigenvalue weighted by atomic mass is 10.1. The van der Waals surface area contributed by atoms with Crippen LogP contribution < -0.4 is 21.3 Å². The van der Waals surface area contributed by atoms with Crippen LogP contribution in [0.4, 0.5) is 37.0 Å². The van der Waals surface area contributed by atoms with E-state index in [2.05, 4.69) is 101 Å². The quantitative estimate of drug-likeness (QED) is 0.0693. The van der Waals surface area contributed by atoms with Crippen molar-refractivity contribution >= 4 is 102 Å². The zero-order valence-electron chi connectivity index (χ0n) is 55.3. The molecule has 37 heteroatoms. The number of thioether (sulfide) groups is 1. The van der Waals surface area contributed by atoms with Crippen LogP contribution in [-0.4, -0.2) is 139 Å². The fourth-order valence-corrected chi connectivity index (χ4v) is 10.9. The standard InChI is InChI=1S/C17H14ClN5O3S2.C17H14ClN5O3S.C17H12F3N5O.C17H12N6O/c1-27-17-21-14(13-5-3-4-8-19-13)20-16(23-17)22-15(24)11-7-6-10(9-12(11)18)28(2,25)26;1-10-20-15(14-5-3-4-8-19-14)22-17(21-10)23-16(24)12-7-6-11(9-13(12)18)27(2,25)26;1-10-22-14(13-4-2-3-9-21-13)24-16(23-10)25-15(26)11-5-7-12(8-6-11)17(18,19)20;1-11-20-15(14-4-2-3-9-19-14)22-17(21-11)23-16(24)13-7-5-12(10-18)6-8-13/h3-9H,1-2H3,(H,20,21,22,23,24);3-9H,1-2H3,(H,20,21,22,23,24);2-9H,1H3,(H,22,23,24,25,26);2-9H,1H3,(H,20,21,22,23,24). The molecular weight excluding hydrogens is 1460 g/mol. The SMILES string of the molecule is CSc1nc(NC(=O)c2ccc(S(C)(=O)=O)cc2Cl)nc(-c2ccccn2)n1.Cc1nc(NC(=O)c2ccc(C#N)cc2)nc(-c2ccccn2)n1.Cc1nc(NC(=O)c2ccc(C(F)(F)F)cc2)nc(-c2ccccn2)n1.Cc1nc(NC(=O)c2ccc(S(C)(=O)=O)cc2Cl)nc(-c2ccccn2)n1. The Hall–Kier alpha value is -12.5. The highest BCUT2D eigenvalue weighted by Crippen LogP contribution is 2.30. The number of hydrogen-bond donors (Lipinski definition) is 4. The van der Waals surface area contributed by atoms with E-state index in [-0.39, 0.29) is 72.1 Å². The van der Waals surface area contributed by atoms with Gasteiger partial charge in [0.25, 0.3) is 23.6 Å². The number of amides is 4. The summed E-state index contributed by atoms with van der Waals surface area (Å²) >= 11 is 13.4. The first-order valence-corrected chi connectivity index (χ1v) is 35.8. The molecule has 0 aliphatic rings. The Morgan fingerprint density at radius 3 is 1.05 bits per heavy atom. The van der Waals surface area contributed by atoms with E-state index < -0.39 is 49.1 Å². The number of halogens is 5.